The molecule has 0 saturated heterocycles. The van der Waals surface area contributed by atoms with Gasteiger partial charge in [-0.05, 0) is 6.07 Å². The molecule has 0 aliphatic carbocycles. The molecule has 0 aromatic carbocycles. The molecule has 0 fully saturated rings. The van der Waals surface area contributed by atoms with Gasteiger partial charge >= 0.3 is 6.01 Å². The Balaban J connectivity index is 2.06. The second kappa shape index (κ2) is 3.82. The topological polar surface area (TPSA) is 93.0 Å². The second-order valence-corrected chi connectivity index (χ2v) is 2.64. The van der Waals surface area contributed by atoms with Crippen LogP contribution < -0.4 is 10.1 Å². The molecule has 0 unspecified atom stereocenters. The highest BCUT2D eigenvalue weighted by Gasteiger charge is 2.10. The number of anilines is 1. The van der Waals surface area contributed by atoms with Crippen molar-refractivity contribution < 1.29 is 13.9 Å². The van der Waals surface area contributed by atoms with E-state index in [1.165, 1.54) is 19.6 Å². The Labute approximate surface area is 84.5 Å². The van der Waals surface area contributed by atoms with E-state index in [0.29, 0.717) is 5.56 Å². The summed E-state index contributed by atoms with van der Waals surface area (Å²) >= 11 is 0. The molecule has 2 heterocycles. The molecule has 0 aliphatic rings. The Morgan fingerprint density at radius 2 is 2.53 bits per heavy atom. The fourth-order valence-corrected chi connectivity index (χ4v) is 0.967. The first-order valence-corrected chi connectivity index (χ1v) is 4.09. The summed E-state index contributed by atoms with van der Waals surface area (Å²) < 4.78 is 9.51. The number of nitrogens with one attached hydrogen (secondary N) is 2. The van der Waals surface area contributed by atoms with Crippen molar-refractivity contribution in [2.45, 2.75) is 0 Å². The SMILES string of the molecule is COc1n[nH]c(NC(=O)c2ccoc2)n1. The summed E-state index contributed by atoms with van der Waals surface area (Å²) in [5.41, 5.74) is 0.408. The van der Waals surface area contributed by atoms with Gasteiger partial charge < -0.3 is 9.15 Å². The highest BCUT2D eigenvalue weighted by molar-refractivity contribution is 6.02. The molecule has 0 spiro atoms. The zero-order valence-corrected chi connectivity index (χ0v) is 7.85. The summed E-state index contributed by atoms with van der Waals surface area (Å²) in [6.07, 6.45) is 2.75. The molecule has 2 aromatic heterocycles. The summed E-state index contributed by atoms with van der Waals surface area (Å²) in [5, 5.41) is 8.66. The molecule has 1 amide bonds. The number of amides is 1. The molecule has 7 nitrogen and oxygen atoms in total. The van der Waals surface area contributed by atoms with E-state index in [4.69, 9.17) is 9.15 Å². The van der Waals surface area contributed by atoms with Gasteiger partial charge in [0.2, 0.25) is 5.95 Å². The first-order valence-electron chi connectivity index (χ1n) is 4.09. The first kappa shape index (κ1) is 9.25. The molecule has 2 rings (SSSR count). The van der Waals surface area contributed by atoms with Crippen LogP contribution in [0.1, 0.15) is 10.4 Å². The zero-order chi connectivity index (χ0) is 10.7. The Kier molecular flexibility index (Phi) is 2.36. The molecule has 0 saturated carbocycles. The highest BCUT2D eigenvalue weighted by Crippen LogP contribution is 2.07. The number of hydrogen-bond acceptors (Lipinski definition) is 5. The predicted molar refractivity (Wildman–Crippen MR) is 49.6 cm³/mol. The molecule has 0 bridgehead atoms. The molecule has 0 radical (unpaired) electrons. The van der Waals surface area contributed by atoms with Gasteiger partial charge in [-0.1, -0.05) is 0 Å². The van der Waals surface area contributed by atoms with Crippen molar-refractivity contribution in [3.8, 4) is 6.01 Å². The molecule has 78 valence electrons. The van der Waals surface area contributed by atoms with Gasteiger partial charge in [0.05, 0.1) is 18.9 Å². The summed E-state index contributed by atoms with van der Waals surface area (Å²) in [6, 6.07) is 1.71. The van der Waals surface area contributed by atoms with Gasteiger partial charge in [-0.3, -0.25) is 10.1 Å². The molecule has 2 N–H and O–H groups in total. The number of aromatic amines is 1. The van der Waals surface area contributed by atoms with Crippen molar-refractivity contribution in [3.05, 3.63) is 24.2 Å². The van der Waals surface area contributed by atoms with Crippen molar-refractivity contribution in [1.82, 2.24) is 15.2 Å². The van der Waals surface area contributed by atoms with E-state index in [1.54, 1.807) is 6.07 Å². The minimum Gasteiger partial charge on any atom is -0.472 e. The van der Waals surface area contributed by atoms with Crippen molar-refractivity contribution >= 4 is 11.9 Å². The normalized spacial score (nSPS) is 9.93. The van der Waals surface area contributed by atoms with Crippen molar-refractivity contribution in [1.29, 1.82) is 0 Å². The third-order valence-electron chi connectivity index (χ3n) is 1.66. The van der Waals surface area contributed by atoms with E-state index in [9.17, 15) is 4.79 Å². The van der Waals surface area contributed by atoms with Gasteiger partial charge in [-0.25, -0.2) is 5.10 Å². The van der Waals surface area contributed by atoms with Crippen LogP contribution in [0.3, 0.4) is 0 Å². The number of H-pyrrole nitrogens is 1. The Morgan fingerprint density at radius 3 is 3.13 bits per heavy atom. The number of ether oxygens (including phenoxy) is 1. The summed E-state index contributed by atoms with van der Waals surface area (Å²) in [4.78, 5) is 15.3. The largest absolute Gasteiger partial charge is 0.472 e. The lowest BCUT2D eigenvalue weighted by atomic mass is 10.3. The smallest absolute Gasteiger partial charge is 0.336 e. The third-order valence-corrected chi connectivity index (χ3v) is 1.66. The first-order chi connectivity index (χ1) is 7.29. The summed E-state index contributed by atoms with van der Waals surface area (Å²) in [5.74, 6) is -0.111. The lowest BCUT2D eigenvalue weighted by molar-refractivity contribution is 0.102. The number of methoxy groups -OCH3 is 1. The monoisotopic (exact) mass is 208 g/mol. The highest BCUT2D eigenvalue weighted by atomic mass is 16.5. The van der Waals surface area contributed by atoms with Crippen LogP contribution in [0.2, 0.25) is 0 Å². The van der Waals surface area contributed by atoms with Crippen LogP contribution in [0.25, 0.3) is 0 Å². The van der Waals surface area contributed by atoms with Crippen LogP contribution in [-0.4, -0.2) is 28.2 Å². The summed E-state index contributed by atoms with van der Waals surface area (Å²) in [7, 11) is 1.44. The number of carbonyl (C=O) groups excluding carboxylic acids is 1. The van der Waals surface area contributed by atoms with E-state index in [-0.39, 0.29) is 17.9 Å². The maximum Gasteiger partial charge on any atom is 0.336 e. The number of aromatic nitrogens is 3. The van der Waals surface area contributed by atoms with E-state index in [1.807, 2.05) is 0 Å². The molecule has 7 heteroatoms. The van der Waals surface area contributed by atoms with E-state index in [0.717, 1.165) is 0 Å². The lowest BCUT2D eigenvalue weighted by Gasteiger charge is -1.96. The van der Waals surface area contributed by atoms with Gasteiger partial charge in [0.1, 0.15) is 6.26 Å². The number of carbonyl (C=O) groups is 1. The Hall–Kier alpha value is -2.31. The molecule has 0 aliphatic heterocycles. The predicted octanol–water partition coefficient (Wildman–Crippen LogP) is 0.659. The maximum atomic E-state index is 11.5. The van der Waals surface area contributed by atoms with Gasteiger partial charge in [0.25, 0.3) is 5.91 Å². The fourth-order valence-electron chi connectivity index (χ4n) is 0.967. The van der Waals surface area contributed by atoms with Crippen molar-refractivity contribution in [2.24, 2.45) is 0 Å². The maximum absolute atomic E-state index is 11.5. The Bertz CT molecular complexity index is 448. The quantitative estimate of drug-likeness (QED) is 0.772. The number of rotatable bonds is 3. The lowest BCUT2D eigenvalue weighted by Crippen LogP contribution is -2.11. The van der Waals surface area contributed by atoms with Crippen LogP contribution in [0.5, 0.6) is 6.01 Å². The Morgan fingerprint density at radius 1 is 1.67 bits per heavy atom. The van der Waals surface area contributed by atoms with Crippen LogP contribution in [0.4, 0.5) is 5.95 Å². The molecule has 0 atom stereocenters. The summed E-state index contributed by atoms with van der Waals surface area (Å²) in [6.45, 7) is 0. The van der Waals surface area contributed by atoms with Gasteiger partial charge in [-0.15, -0.1) is 5.10 Å². The minimum absolute atomic E-state index is 0.164. The molecular weight excluding hydrogens is 200 g/mol. The standard InChI is InChI=1S/C8H8N4O3/c1-14-8-10-7(11-12-8)9-6(13)5-2-3-15-4-5/h2-4H,1H3,(H2,9,10,11,12,13). The van der Waals surface area contributed by atoms with Crippen LogP contribution in [0.15, 0.2) is 23.0 Å². The van der Waals surface area contributed by atoms with Crippen LogP contribution in [-0.2, 0) is 0 Å². The molecular formula is C8H8N4O3. The average Bonchev–Trinajstić information content (AvgIpc) is 2.87. The van der Waals surface area contributed by atoms with E-state index < -0.39 is 0 Å². The minimum atomic E-state index is -0.331. The van der Waals surface area contributed by atoms with Crippen LogP contribution >= 0.6 is 0 Å². The number of furan rings is 1. The van der Waals surface area contributed by atoms with Crippen molar-refractivity contribution in [3.63, 3.8) is 0 Å². The zero-order valence-electron chi connectivity index (χ0n) is 7.85. The third kappa shape index (κ3) is 1.96. The second-order valence-electron chi connectivity index (χ2n) is 2.64. The number of nitrogens with zero attached hydrogens (tertiary/aromatic N) is 2. The van der Waals surface area contributed by atoms with Crippen molar-refractivity contribution in [2.75, 3.05) is 12.4 Å². The molecule has 2 aromatic rings. The van der Waals surface area contributed by atoms with Crippen LogP contribution in [0, 0.1) is 0 Å². The average molecular weight is 208 g/mol. The van der Waals surface area contributed by atoms with Gasteiger partial charge in [-0.2, -0.15) is 4.98 Å². The van der Waals surface area contributed by atoms with Gasteiger partial charge in [0, 0.05) is 0 Å². The molecule has 15 heavy (non-hydrogen) atoms. The van der Waals surface area contributed by atoms with E-state index >= 15 is 0 Å². The van der Waals surface area contributed by atoms with Gasteiger partial charge in [0.15, 0.2) is 0 Å². The fraction of sp³-hybridized carbons (Fsp3) is 0.125. The number of hydrogen-bond donors (Lipinski definition) is 2. The van der Waals surface area contributed by atoms with E-state index in [2.05, 4.69) is 20.5 Å².